The summed E-state index contributed by atoms with van der Waals surface area (Å²) in [5.41, 5.74) is 3.92. The number of aryl methyl sites for hydroxylation is 1. The summed E-state index contributed by atoms with van der Waals surface area (Å²) in [5.74, 6) is 1.31. The summed E-state index contributed by atoms with van der Waals surface area (Å²) in [4.78, 5) is 12.4. The zero-order valence-electron chi connectivity index (χ0n) is 11.7. The smallest absolute Gasteiger partial charge is 0.175 e. The number of rotatable bonds is 4. The highest BCUT2D eigenvalue weighted by molar-refractivity contribution is 5.85. The quantitative estimate of drug-likeness (QED) is 0.588. The molecule has 0 unspecified atom stereocenters. The lowest BCUT2D eigenvalue weighted by atomic mass is 10.1. The first kappa shape index (κ1) is 13.2. The van der Waals surface area contributed by atoms with Crippen molar-refractivity contribution in [3.05, 3.63) is 60.4 Å². The highest BCUT2D eigenvalue weighted by Gasteiger charge is 1.96. The summed E-state index contributed by atoms with van der Waals surface area (Å²) in [6.07, 6.45) is 3.88. The van der Waals surface area contributed by atoms with Crippen LogP contribution in [-0.2, 0) is 6.42 Å². The van der Waals surface area contributed by atoms with Crippen LogP contribution in [0.15, 0.2) is 53.9 Å². The lowest BCUT2D eigenvalue weighted by Gasteiger charge is -2.02. The molecule has 0 aliphatic heterocycles. The van der Waals surface area contributed by atoms with E-state index >= 15 is 0 Å². The predicted molar refractivity (Wildman–Crippen MR) is 84.4 cm³/mol. The molecule has 0 saturated carbocycles. The normalized spacial score (nSPS) is 11.1. The van der Waals surface area contributed by atoms with Gasteiger partial charge in [-0.3, -0.25) is 5.43 Å². The molecule has 5 heteroatoms. The maximum absolute atomic E-state index is 4.26. The molecule has 5 nitrogen and oxygen atoms in total. The Morgan fingerprint density at radius 2 is 1.95 bits per heavy atom. The number of hydrogen-bond acceptors (Lipinski definition) is 5. The largest absolute Gasteiger partial charge is 0.278 e. The lowest BCUT2D eigenvalue weighted by Crippen LogP contribution is -2.01. The highest BCUT2D eigenvalue weighted by atomic mass is 15.3. The molecule has 0 amide bonds. The van der Waals surface area contributed by atoms with Gasteiger partial charge in [-0.25, -0.2) is 15.0 Å². The van der Waals surface area contributed by atoms with Crippen LogP contribution in [0.4, 0.5) is 5.69 Å². The van der Waals surface area contributed by atoms with Crippen LogP contribution in [0.3, 0.4) is 0 Å². The molecule has 1 heterocycles. The van der Waals surface area contributed by atoms with Crippen molar-refractivity contribution in [3.63, 3.8) is 0 Å². The van der Waals surface area contributed by atoms with E-state index in [2.05, 4.69) is 49.7 Å². The Balaban J connectivity index is 1.74. The van der Waals surface area contributed by atoms with Crippen molar-refractivity contribution in [1.82, 2.24) is 15.0 Å². The molecule has 0 atom stereocenters. The van der Waals surface area contributed by atoms with Gasteiger partial charge in [0.05, 0.1) is 11.9 Å². The second-order valence-corrected chi connectivity index (χ2v) is 4.55. The van der Waals surface area contributed by atoms with E-state index in [4.69, 9.17) is 0 Å². The van der Waals surface area contributed by atoms with E-state index in [1.807, 2.05) is 25.1 Å². The van der Waals surface area contributed by atoms with Gasteiger partial charge in [-0.15, -0.1) is 0 Å². The molecule has 21 heavy (non-hydrogen) atoms. The van der Waals surface area contributed by atoms with E-state index in [0.29, 0.717) is 5.82 Å². The number of fused-ring (bicyclic) bond motifs is 1. The Morgan fingerprint density at radius 3 is 2.81 bits per heavy atom. The van der Waals surface area contributed by atoms with Gasteiger partial charge in [-0.05, 0) is 22.9 Å². The number of aromatic nitrogens is 3. The van der Waals surface area contributed by atoms with Crippen molar-refractivity contribution in [2.24, 2.45) is 5.10 Å². The van der Waals surface area contributed by atoms with Gasteiger partial charge in [0.1, 0.15) is 12.2 Å². The van der Waals surface area contributed by atoms with E-state index < -0.39 is 0 Å². The average Bonchev–Trinajstić information content (AvgIpc) is 2.55. The number of nitrogens with zero attached hydrogens (tertiary/aromatic N) is 4. The minimum Gasteiger partial charge on any atom is -0.278 e. The maximum atomic E-state index is 4.26. The van der Waals surface area contributed by atoms with E-state index in [-0.39, 0.29) is 0 Å². The zero-order chi connectivity index (χ0) is 14.5. The van der Waals surface area contributed by atoms with Crippen molar-refractivity contribution in [1.29, 1.82) is 0 Å². The Labute approximate surface area is 122 Å². The fourth-order valence-corrected chi connectivity index (χ4v) is 2.00. The van der Waals surface area contributed by atoms with Gasteiger partial charge >= 0.3 is 0 Å². The highest BCUT2D eigenvalue weighted by Crippen LogP contribution is 2.18. The summed E-state index contributed by atoms with van der Waals surface area (Å²) in [5, 5.41) is 6.54. The minimum absolute atomic E-state index is 0.551. The van der Waals surface area contributed by atoms with Crippen molar-refractivity contribution < 1.29 is 0 Å². The Kier molecular flexibility index (Phi) is 3.82. The van der Waals surface area contributed by atoms with E-state index in [1.165, 1.54) is 17.1 Å². The first-order chi connectivity index (χ1) is 10.3. The standard InChI is InChI=1S/C16H15N5/c1-2-15-17-11-18-16(20-15)10-19-21-14-8-7-12-5-3-4-6-13(12)9-14/h3-11,21H,2H2,1H3/b19-10+. The summed E-state index contributed by atoms with van der Waals surface area (Å²) in [7, 11) is 0. The molecule has 3 rings (SSSR count). The predicted octanol–water partition coefficient (Wildman–Crippen LogP) is 3.03. The van der Waals surface area contributed by atoms with Gasteiger partial charge in [0.2, 0.25) is 0 Å². The second kappa shape index (κ2) is 6.09. The third kappa shape index (κ3) is 3.20. The van der Waals surface area contributed by atoms with Gasteiger partial charge in [0.15, 0.2) is 5.82 Å². The SMILES string of the molecule is CCc1ncnc(/C=N/Nc2ccc3ccccc3c2)n1. The molecule has 104 valence electrons. The molecule has 0 aliphatic rings. The van der Waals surface area contributed by atoms with E-state index in [1.54, 1.807) is 6.21 Å². The lowest BCUT2D eigenvalue weighted by molar-refractivity contribution is 0.889. The van der Waals surface area contributed by atoms with Crippen LogP contribution in [0.5, 0.6) is 0 Å². The number of anilines is 1. The minimum atomic E-state index is 0.551. The van der Waals surface area contributed by atoms with Crippen LogP contribution in [-0.4, -0.2) is 21.2 Å². The number of hydrazone groups is 1. The number of nitrogens with one attached hydrogen (secondary N) is 1. The molecule has 0 radical (unpaired) electrons. The van der Waals surface area contributed by atoms with Crippen LogP contribution in [0.25, 0.3) is 10.8 Å². The average molecular weight is 277 g/mol. The van der Waals surface area contributed by atoms with Crippen LogP contribution >= 0.6 is 0 Å². The van der Waals surface area contributed by atoms with Gasteiger partial charge in [0, 0.05) is 6.42 Å². The monoisotopic (exact) mass is 277 g/mol. The molecule has 2 aromatic carbocycles. The van der Waals surface area contributed by atoms with Crippen molar-refractivity contribution >= 4 is 22.7 Å². The topological polar surface area (TPSA) is 63.1 Å². The maximum Gasteiger partial charge on any atom is 0.175 e. The van der Waals surface area contributed by atoms with Crippen LogP contribution in [0.1, 0.15) is 18.6 Å². The Bertz CT molecular complexity index is 782. The van der Waals surface area contributed by atoms with Crippen molar-refractivity contribution in [3.8, 4) is 0 Å². The van der Waals surface area contributed by atoms with Crippen LogP contribution in [0, 0.1) is 0 Å². The van der Waals surface area contributed by atoms with Gasteiger partial charge in [0.25, 0.3) is 0 Å². The number of hydrogen-bond donors (Lipinski definition) is 1. The molecule has 0 fully saturated rings. The molecule has 0 spiro atoms. The third-order valence-electron chi connectivity index (χ3n) is 3.08. The first-order valence-corrected chi connectivity index (χ1v) is 6.81. The van der Waals surface area contributed by atoms with Gasteiger partial charge in [-0.2, -0.15) is 5.10 Å². The molecule has 0 saturated heterocycles. The van der Waals surface area contributed by atoms with Gasteiger partial charge in [-0.1, -0.05) is 37.3 Å². The second-order valence-electron chi connectivity index (χ2n) is 4.55. The molecule has 0 aliphatic carbocycles. The Hall–Kier alpha value is -2.82. The molecule has 3 aromatic rings. The fourth-order valence-electron chi connectivity index (χ4n) is 2.00. The fraction of sp³-hybridized carbons (Fsp3) is 0.125. The summed E-state index contributed by atoms with van der Waals surface area (Å²) in [6.45, 7) is 2.00. The zero-order valence-corrected chi connectivity index (χ0v) is 11.7. The number of benzene rings is 2. The summed E-state index contributed by atoms with van der Waals surface area (Å²) >= 11 is 0. The molecular weight excluding hydrogens is 262 g/mol. The third-order valence-corrected chi connectivity index (χ3v) is 3.08. The van der Waals surface area contributed by atoms with E-state index in [9.17, 15) is 0 Å². The van der Waals surface area contributed by atoms with Crippen molar-refractivity contribution in [2.45, 2.75) is 13.3 Å². The van der Waals surface area contributed by atoms with Crippen LogP contribution in [0.2, 0.25) is 0 Å². The van der Waals surface area contributed by atoms with Crippen molar-refractivity contribution in [2.75, 3.05) is 5.43 Å². The summed E-state index contributed by atoms with van der Waals surface area (Å²) in [6, 6.07) is 14.3. The van der Waals surface area contributed by atoms with E-state index in [0.717, 1.165) is 17.9 Å². The molecule has 1 aromatic heterocycles. The van der Waals surface area contributed by atoms with Gasteiger partial charge < -0.3 is 0 Å². The molecule has 0 bridgehead atoms. The van der Waals surface area contributed by atoms with Crippen LogP contribution < -0.4 is 5.43 Å². The molecular formula is C16H15N5. The Morgan fingerprint density at radius 1 is 1.10 bits per heavy atom. The molecule has 1 N–H and O–H groups in total. The summed E-state index contributed by atoms with van der Waals surface area (Å²) < 4.78 is 0. The first-order valence-electron chi connectivity index (χ1n) is 6.81.